The molecule has 2 aliphatic heterocycles. The molecule has 0 unspecified atom stereocenters. The van der Waals surface area contributed by atoms with Gasteiger partial charge in [0.25, 0.3) is 5.91 Å². The Kier molecular flexibility index (Phi) is 8.83. The molecular weight excluding hydrogens is 490 g/mol. The summed E-state index contributed by atoms with van der Waals surface area (Å²) < 4.78 is 11.6. The summed E-state index contributed by atoms with van der Waals surface area (Å²) in [4.78, 5) is 24.2. The second-order valence-electron chi connectivity index (χ2n) is 8.82. The number of aromatic nitrogens is 1. The molecule has 5 rings (SSSR count). The second-order valence-corrected chi connectivity index (χ2v) is 8.82. The molecule has 8 nitrogen and oxygen atoms in total. The van der Waals surface area contributed by atoms with Crippen LogP contribution in [0.15, 0.2) is 66.9 Å². The van der Waals surface area contributed by atoms with Gasteiger partial charge in [-0.3, -0.25) is 14.6 Å². The Morgan fingerprint density at radius 3 is 2.49 bits per heavy atom. The molecule has 2 aliphatic rings. The maximum absolute atomic E-state index is 13.3. The van der Waals surface area contributed by atoms with E-state index in [9.17, 15) is 4.79 Å². The number of para-hydroxylation sites is 1. The maximum atomic E-state index is 13.3. The van der Waals surface area contributed by atoms with E-state index >= 15 is 0 Å². The van der Waals surface area contributed by atoms with E-state index in [1.165, 1.54) is 0 Å². The van der Waals surface area contributed by atoms with E-state index in [2.05, 4.69) is 26.9 Å². The van der Waals surface area contributed by atoms with Gasteiger partial charge in [-0.15, -0.1) is 12.4 Å². The van der Waals surface area contributed by atoms with Gasteiger partial charge in [0, 0.05) is 44.5 Å². The van der Waals surface area contributed by atoms with Gasteiger partial charge in [0.2, 0.25) is 0 Å². The van der Waals surface area contributed by atoms with E-state index in [-0.39, 0.29) is 18.3 Å². The predicted molar refractivity (Wildman–Crippen MR) is 145 cm³/mol. The van der Waals surface area contributed by atoms with Crippen LogP contribution in [0.25, 0.3) is 0 Å². The summed E-state index contributed by atoms with van der Waals surface area (Å²) in [6, 6.07) is 20.5. The lowest BCUT2D eigenvalue weighted by Crippen LogP contribution is -2.47. The Labute approximate surface area is 223 Å². The molecule has 0 N–H and O–H groups in total. The van der Waals surface area contributed by atoms with E-state index in [1.54, 1.807) is 35.4 Å². The highest BCUT2D eigenvalue weighted by Gasteiger charge is 2.24. The lowest BCUT2D eigenvalue weighted by molar-refractivity contribution is 0.0984. The summed E-state index contributed by atoms with van der Waals surface area (Å²) in [5.74, 6) is 2.19. The van der Waals surface area contributed by atoms with E-state index in [4.69, 9.17) is 14.7 Å². The number of nitriles is 1. The van der Waals surface area contributed by atoms with Gasteiger partial charge in [-0.25, -0.2) is 4.98 Å². The highest BCUT2D eigenvalue weighted by molar-refractivity contribution is 6.05. The Morgan fingerprint density at radius 2 is 1.76 bits per heavy atom. The average molecular weight is 520 g/mol. The number of fused-ring (bicyclic) bond motifs is 1. The average Bonchev–Trinajstić information content (AvgIpc) is 2.95. The molecule has 2 aromatic carbocycles. The molecule has 37 heavy (non-hydrogen) atoms. The van der Waals surface area contributed by atoms with Crippen molar-refractivity contribution in [2.75, 3.05) is 62.3 Å². The van der Waals surface area contributed by atoms with Gasteiger partial charge in [0.05, 0.1) is 17.3 Å². The number of nitrogens with zero attached hydrogens (tertiary/aromatic N) is 5. The predicted octanol–water partition coefficient (Wildman–Crippen LogP) is 4.01. The Hall–Kier alpha value is -3.80. The van der Waals surface area contributed by atoms with Crippen molar-refractivity contribution >= 4 is 29.8 Å². The number of ether oxygens (including phenoxy) is 2. The molecule has 1 aromatic heterocycles. The zero-order valence-corrected chi connectivity index (χ0v) is 21.4. The number of halogens is 1. The van der Waals surface area contributed by atoms with Crippen molar-refractivity contribution in [1.82, 2.24) is 9.88 Å². The number of hydrogen-bond donors (Lipinski definition) is 0. The van der Waals surface area contributed by atoms with Crippen LogP contribution in [-0.2, 0) is 0 Å². The summed E-state index contributed by atoms with van der Waals surface area (Å²) in [5, 5.41) is 9.05. The van der Waals surface area contributed by atoms with E-state index in [1.807, 2.05) is 30.3 Å². The molecule has 192 valence electrons. The quantitative estimate of drug-likeness (QED) is 0.466. The SMILES string of the molecule is Cl.N#Cc1ccc(C(=O)N(CCCN2CCN(c3cccc4c3OCCO4)CC2)c2ccccn2)cc1. The van der Waals surface area contributed by atoms with Gasteiger partial charge in [0.1, 0.15) is 19.0 Å². The number of piperazine rings is 1. The number of carbonyl (C=O) groups is 1. The van der Waals surface area contributed by atoms with Gasteiger partial charge in [0.15, 0.2) is 11.5 Å². The number of amides is 1. The molecule has 0 atom stereocenters. The molecule has 0 aliphatic carbocycles. The maximum Gasteiger partial charge on any atom is 0.259 e. The Balaban J connectivity index is 0.00000320. The molecule has 1 saturated heterocycles. The fraction of sp³-hybridized carbons (Fsp3) is 0.321. The first-order valence-electron chi connectivity index (χ1n) is 12.3. The van der Waals surface area contributed by atoms with Gasteiger partial charge in [-0.1, -0.05) is 12.1 Å². The first-order chi connectivity index (χ1) is 17.7. The Bertz CT molecular complexity index is 1220. The number of pyridine rings is 1. The lowest BCUT2D eigenvalue weighted by Gasteiger charge is -2.37. The van der Waals surface area contributed by atoms with Crippen LogP contribution in [0.1, 0.15) is 22.3 Å². The smallest absolute Gasteiger partial charge is 0.259 e. The zero-order chi connectivity index (χ0) is 24.7. The van der Waals surface area contributed by atoms with E-state index in [0.29, 0.717) is 36.7 Å². The minimum Gasteiger partial charge on any atom is -0.486 e. The largest absolute Gasteiger partial charge is 0.486 e. The molecule has 3 aromatic rings. The zero-order valence-electron chi connectivity index (χ0n) is 20.6. The Morgan fingerprint density at radius 1 is 0.973 bits per heavy atom. The van der Waals surface area contributed by atoms with Crippen LogP contribution in [0, 0.1) is 11.3 Å². The summed E-state index contributed by atoms with van der Waals surface area (Å²) in [7, 11) is 0. The van der Waals surface area contributed by atoms with Gasteiger partial charge < -0.3 is 14.4 Å². The molecular formula is C28H30ClN5O3. The van der Waals surface area contributed by atoms with Crippen molar-refractivity contribution in [3.05, 3.63) is 78.0 Å². The molecule has 0 bridgehead atoms. The summed E-state index contributed by atoms with van der Waals surface area (Å²) >= 11 is 0. The molecule has 1 fully saturated rings. The minimum absolute atomic E-state index is 0. The van der Waals surface area contributed by atoms with Crippen molar-refractivity contribution in [3.63, 3.8) is 0 Å². The van der Waals surface area contributed by atoms with Crippen LogP contribution in [0.3, 0.4) is 0 Å². The van der Waals surface area contributed by atoms with Crippen LogP contribution >= 0.6 is 12.4 Å². The monoisotopic (exact) mass is 519 g/mol. The molecule has 9 heteroatoms. The molecule has 1 amide bonds. The first-order valence-corrected chi connectivity index (χ1v) is 12.3. The number of anilines is 2. The third-order valence-corrected chi connectivity index (χ3v) is 6.55. The van der Waals surface area contributed by atoms with Crippen molar-refractivity contribution in [1.29, 1.82) is 5.26 Å². The van der Waals surface area contributed by atoms with Crippen molar-refractivity contribution in [2.24, 2.45) is 0 Å². The van der Waals surface area contributed by atoms with E-state index < -0.39 is 0 Å². The van der Waals surface area contributed by atoms with E-state index in [0.717, 1.165) is 56.3 Å². The standard InChI is InChI=1S/C28H29N5O3.ClH/c29-21-22-8-10-23(11-9-22)28(34)33(26-7-1-2-12-30-26)14-4-13-31-15-17-32(18-16-31)24-5-3-6-25-27(24)36-20-19-35-25;/h1-3,5-12H,4,13-20H2;1H. The third kappa shape index (κ3) is 6.13. The van der Waals surface area contributed by atoms with Crippen LogP contribution in [-0.4, -0.2) is 68.3 Å². The highest BCUT2D eigenvalue weighted by atomic mass is 35.5. The number of hydrogen-bond acceptors (Lipinski definition) is 7. The van der Waals surface area contributed by atoms with Crippen molar-refractivity contribution < 1.29 is 14.3 Å². The summed E-state index contributed by atoms with van der Waals surface area (Å²) in [6.45, 7) is 6.33. The molecule has 0 saturated carbocycles. The van der Waals surface area contributed by atoms with Crippen molar-refractivity contribution in [2.45, 2.75) is 6.42 Å². The second kappa shape index (κ2) is 12.4. The minimum atomic E-state index is -0.112. The molecule has 0 spiro atoms. The normalized spacial score (nSPS) is 14.8. The van der Waals surface area contributed by atoms with Crippen LogP contribution in [0.2, 0.25) is 0 Å². The first kappa shape index (κ1) is 26.3. The van der Waals surface area contributed by atoms with Gasteiger partial charge in [-0.2, -0.15) is 5.26 Å². The lowest BCUT2D eigenvalue weighted by atomic mass is 10.1. The number of rotatable bonds is 7. The molecule has 0 radical (unpaired) electrons. The molecule has 3 heterocycles. The van der Waals surface area contributed by atoms with Crippen LogP contribution in [0.5, 0.6) is 11.5 Å². The fourth-order valence-electron chi connectivity index (χ4n) is 4.65. The third-order valence-electron chi connectivity index (χ3n) is 6.55. The van der Waals surface area contributed by atoms with Gasteiger partial charge in [-0.05, 0) is 61.5 Å². The van der Waals surface area contributed by atoms with Gasteiger partial charge >= 0.3 is 0 Å². The summed E-state index contributed by atoms with van der Waals surface area (Å²) in [5.41, 5.74) is 2.18. The van der Waals surface area contributed by atoms with Crippen LogP contribution in [0.4, 0.5) is 11.5 Å². The number of benzene rings is 2. The summed E-state index contributed by atoms with van der Waals surface area (Å²) in [6.07, 6.45) is 2.53. The fourth-order valence-corrected chi connectivity index (χ4v) is 4.65. The van der Waals surface area contributed by atoms with Crippen molar-refractivity contribution in [3.8, 4) is 17.6 Å². The number of carbonyl (C=O) groups excluding carboxylic acids is 1. The van der Waals surface area contributed by atoms with Crippen LogP contribution < -0.4 is 19.3 Å². The topological polar surface area (TPSA) is 81.9 Å². The highest BCUT2D eigenvalue weighted by Crippen LogP contribution is 2.39.